The van der Waals surface area contributed by atoms with Crippen molar-refractivity contribution in [1.29, 1.82) is 0 Å². The van der Waals surface area contributed by atoms with Crippen molar-refractivity contribution in [2.24, 2.45) is 4.99 Å². The SMILES string of the molecule is CN=C(NCc1nc(C)c(C)s1)NC1CCCn2nc(C)nc21. The number of rotatable bonds is 3. The second kappa shape index (κ2) is 6.66. The Balaban J connectivity index is 1.64. The maximum absolute atomic E-state index is 4.55. The number of fused-ring (bicyclic) bond motifs is 1. The fraction of sp³-hybridized carbons (Fsp3) is 0.600. The van der Waals surface area contributed by atoms with Crippen LogP contribution in [0.25, 0.3) is 0 Å². The molecule has 2 N–H and O–H groups in total. The van der Waals surface area contributed by atoms with Gasteiger partial charge in [-0.05, 0) is 33.6 Å². The zero-order valence-corrected chi connectivity index (χ0v) is 14.9. The van der Waals surface area contributed by atoms with Crippen molar-refractivity contribution >= 4 is 17.3 Å². The highest BCUT2D eigenvalue weighted by Gasteiger charge is 2.24. The van der Waals surface area contributed by atoms with Gasteiger partial charge in [-0.2, -0.15) is 5.10 Å². The summed E-state index contributed by atoms with van der Waals surface area (Å²) in [7, 11) is 1.78. The van der Waals surface area contributed by atoms with Crippen LogP contribution in [0, 0.1) is 20.8 Å². The molecule has 8 heteroatoms. The first kappa shape index (κ1) is 15.9. The van der Waals surface area contributed by atoms with Crippen LogP contribution in [0.2, 0.25) is 0 Å². The van der Waals surface area contributed by atoms with Crippen molar-refractivity contribution in [2.75, 3.05) is 7.05 Å². The van der Waals surface area contributed by atoms with Crippen molar-refractivity contribution in [1.82, 2.24) is 30.4 Å². The zero-order valence-electron chi connectivity index (χ0n) is 14.1. The molecule has 0 aliphatic carbocycles. The molecule has 2 aromatic rings. The summed E-state index contributed by atoms with van der Waals surface area (Å²) in [5.74, 6) is 2.60. The van der Waals surface area contributed by atoms with E-state index in [0.717, 1.165) is 47.7 Å². The van der Waals surface area contributed by atoms with Crippen LogP contribution in [0.3, 0.4) is 0 Å². The fourth-order valence-electron chi connectivity index (χ4n) is 2.74. The molecule has 1 aliphatic heterocycles. The van der Waals surface area contributed by atoms with E-state index >= 15 is 0 Å². The monoisotopic (exact) mass is 333 g/mol. The lowest BCUT2D eigenvalue weighted by Crippen LogP contribution is -2.41. The Morgan fingerprint density at radius 3 is 2.87 bits per heavy atom. The molecule has 0 fully saturated rings. The molecule has 3 heterocycles. The summed E-state index contributed by atoms with van der Waals surface area (Å²) in [4.78, 5) is 14.7. The van der Waals surface area contributed by atoms with E-state index < -0.39 is 0 Å². The van der Waals surface area contributed by atoms with Crippen molar-refractivity contribution < 1.29 is 0 Å². The summed E-state index contributed by atoms with van der Waals surface area (Å²) in [6.45, 7) is 7.69. The molecule has 1 aliphatic rings. The first-order chi connectivity index (χ1) is 11.1. The van der Waals surface area contributed by atoms with Gasteiger partial charge in [0.2, 0.25) is 0 Å². The van der Waals surface area contributed by atoms with Crippen LogP contribution in [0.4, 0.5) is 0 Å². The van der Waals surface area contributed by atoms with Gasteiger partial charge in [-0.25, -0.2) is 14.6 Å². The highest BCUT2D eigenvalue weighted by atomic mass is 32.1. The Hall–Kier alpha value is -1.96. The molecule has 0 saturated heterocycles. The van der Waals surface area contributed by atoms with Crippen LogP contribution in [0.5, 0.6) is 0 Å². The number of hydrogen-bond donors (Lipinski definition) is 2. The molecule has 7 nitrogen and oxygen atoms in total. The lowest BCUT2D eigenvalue weighted by molar-refractivity contribution is 0.397. The van der Waals surface area contributed by atoms with Crippen LogP contribution < -0.4 is 10.6 Å². The quantitative estimate of drug-likeness (QED) is 0.662. The van der Waals surface area contributed by atoms with E-state index in [0.29, 0.717) is 6.54 Å². The van der Waals surface area contributed by atoms with E-state index in [4.69, 9.17) is 0 Å². The fourth-order valence-corrected chi connectivity index (χ4v) is 3.61. The van der Waals surface area contributed by atoms with Gasteiger partial charge in [-0.3, -0.25) is 4.99 Å². The molecule has 2 aromatic heterocycles. The van der Waals surface area contributed by atoms with Crippen LogP contribution in [-0.4, -0.2) is 32.8 Å². The van der Waals surface area contributed by atoms with E-state index in [-0.39, 0.29) is 6.04 Å². The van der Waals surface area contributed by atoms with Crippen LogP contribution in [-0.2, 0) is 13.1 Å². The highest BCUT2D eigenvalue weighted by molar-refractivity contribution is 7.11. The molecule has 0 bridgehead atoms. The van der Waals surface area contributed by atoms with Crippen molar-refractivity contribution in [3.63, 3.8) is 0 Å². The van der Waals surface area contributed by atoms with Gasteiger partial charge in [0, 0.05) is 18.5 Å². The maximum atomic E-state index is 4.55. The Labute approximate surface area is 140 Å². The smallest absolute Gasteiger partial charge is 0.191 e. The number of aromatic nitrogens is 4. The van der Waals surface area contributed by atoms with E-state index in [9.17, 15) is 0 Å². The van der Waals surface area contributed by atoms with Gasteiger partial charge < -0.3 is 10.6 Å². The summed E-state index contributed by atoms with van der Waals surface area (Å²) in [5.41, 5.74) is 1.10. The van der Waals surface area contributed by atoms with Crippen LogP contribution in [0.1, 0.15) is 46.1 Å². The van der Waals surface area contributed by atoms with E-state index in [1.807, 2.05) is 18.5 Å². The molecule has 1 unspecified atom stereocenters. The lowest BCUT2D eigenvalue weighted by Gasteiger charge is -2.24. The summed E-state index contributed by atoms with van der Waals surface area (Å²) in [6, 6.07) is 0.149. The lowest BCUT2D eigenvalue weighted by atomic mass is 10.1. The van der Waals surface area contributed by atoms with Crippen LogP contribution >= 0.6 is 11.3 Å². The average molecular weight is 333 g/mol. The Bertz CT molecular complexity index is 696. The number of aryl methyl sites for hydroxylation is 4. The Morgan fingerprint density at radius 2 is 2.17 bits per heavy atom. The standard InChI is InChI=1S/C15H23N7S/c1-9-10(2)23-13(18-9)8-17-15(16-4)20-12-6-5-7-22-14(12)19-11(3)21-22/h12H,5-8H2,1-4H3,(H2,16,17,20). The molecule has 23 heavy (non-hydrogen) atoms. The van der Waals surface area contributed by atoms with E-state index in [2.05, 4.69) is 37.6 Å². The molecule has 0 amide bonds. The number of thiazole rings is 1. The number of hydrogen-bond acceptors (Lipinski definition) is 5. The van der Waals surface area contributed by atoms with Gasteiger partial charge >= 0.3 is 0 Å². The van der Waals surface area contributed by atoms with Gasteiger partial charge in [0.15, 0.2) is 5.96 Å². The van der Waals surface area contributed by atoms with Gasteiger partial charge in [0.05, 0.1) is 18.3 Å². The summed E-state index contributed by atoms with van der Waals surface area (Å²) >= 11 is 1.72. The average Bonchev–Trinajstić information content (AvgIpc) is 3.06. The number of nitrogens with zero attached hydrogens (tertiary/aromatic N) is 5. The van der Waals surface area contributed by atoms with Gasteiger partial charge in [-0.15, -0.1) is 11.3 Å². The third kappa shape index (κ3) is 3.52. The van der Waals surface area contributed by atoms with Crippen molar-refractivity contribution in [2.45, 2.75) is 52.7 Å². The molecule has 3 rings (SSSR count). The van der Waals surface area contributed by atoms with E-state index in [1.54, 1.807) is 18.4 Å². The largest absolute Gasteiger partial charge is 0.350 e. The van der Waals surface area contributed by atoms with Crippen molar-refractivity contribution in [3.05, 3.63) is 27.2 Å². The van der Waals surface area contributed by atoms with Crippen molar-refractivity contribution in [3.8, 4) is 0 Å². The molecular formula is C15H23N7S. The Kier molecular flexibility index (Phi) is 4.61. The number of nitrogens with one attached hydrogen (secondary N) is 2. The molecule has 0 aromatic carbocycles. The molecule has 0 spiro atoms. The molecule has 1 atom stereocenters. The minimum absolute atomic E-state index is 0.149. The maximum Gasteiger partial charge on any atom is 0.191 e. The summed E-state index contributed by atoms with van der Waals surface area (Å²) in [5, 5.41) is 12.3. The molecule has 124 valence electrons. The highest BCUT2D eigenvalue weighted by Crippen LogP contribution is 2.22. The summed E-state index contributed by atoms with van der Waals surface area (Å²) in [6.07, 6.45) is 2.13. The van der Waals surface area contributed by atoms with Gasteiger partial charge in [-0.1, -0.05) is 0 Å². The minimum atomic E-state index is 0.149. The molecule has 0 radical (unpaired) electrons. The normalized spacial score (nSPS) is 17.9. The second-order valence-electron chi connectivity index (χ2n) is 5.75. The Morgan fingerprint density at radius 1 is 1.35 bits per heavy atom. The van der Waals surface area contributed by atoms with Gasteiger partial charge in [0.25, 0.3) is 0 Å². The van der Waals surface area contributed by atoms with Gasteiger partial charge in [0.1, 0.15) is 16.7 Å². The third-order valence-corrected chi connectivity index (χ3v) is 5.07. The number of aliphatic imine (C=N–C) groups is 1. The first-order valence-electron chi connectivity index (χ1n) is 7.88. The molecular weight excluding hydrogens is 310 g/mol. The van der Waals surface area contributed by atoms with E-state index in [1.165, 1.54) is 4.88 Å². The predicted octanol–water partition coefficient (Wildman–Crippen LogP) is 1.86. The second-order valence-corrected chi connectivity index (χ2v) is 7.04. The molecule has 0 saturated carbocycles. The predicted molar refractivity (Wildman–Crippen MR) is 91.7 cm³/mol. The summed E-state index contributed by atoms with van der Waals surface area (Å²) < 4.78 is 2.00. The number of guanidine groups is 1. The van der Waals surface area contributed by atoms with Crippen LogP contribution in [0.15, 0.2) is 4.99 Å². The topological polar surface area (TPSA) is 80.0 Å². The zero-order chi connectivity index (χ0) is 16.4. The third-order valence-electron chi connectivity index (χ3n) is 4.00. The first-order valence-corrected chi connectivity index (χ1v) is 8.70. The minimum Gasteiger partial charge on any atom is -0.350 e.